The van der Waals surface area contributed by atoms with Crippen LogP contribution in [0.15, 0.2) is 30.5 Å². The highest BCUT2D eigenvalue weighted by atomic mass is 16.5. The van der Waals surface area contributed by atoms with Crippen LogP contribution in [0.4, 0.5) is 0 Å². The Morgan fingerprint density at radius 2 is 1.83 bits per heavy atom. The molecular weight excluding hydrogens is 378 g/mol. The maximum Gasteiger partial charge on any atom is 0.255 e. The zero-order valence-corrected chi connectivity index (χ0v) is 17.6. The van der Waals surface area contributed by atoms with Gasteiger partial charge in [0.25, 0.3) is 5.91 Å². The lowest BCUT2D eigenvalue weighted by Crippen LogP contribution is -2.49. The maximum absolute atomic E-state index is 12.9. The number of rotatable bonds is 4. The number of carbonyl (C=O) groups excluding carboxylic acids is 2. The molecule has 1 aromatic carbocycles. The second-order valence-corrected chi connectivity index (χ2v) is 9.15. The summed E-state index contributed by atoms with van der Waals surface area (Å²) in [7, 11) is 0. The number of piperidine rings is 1. The van der Waals surface area contributed by atoms with E-state index >= 15 is 0 Å². The van der Waals surface area contributed by atoms with Crippen molar-refractivity contribution in [3.05, 3.63) is 41.6 Å². The Labute approximate surface area is 178 Å². The topological polar surface area (TPSA) is 61.9 Å². The van der Waals surface area contributed by atoms with E-state index in [2.05, 4.69) is 16.8 Å². The molecule has 6 heteroatoms. The summed E-state index contributed by atoms with van der Waals surface area (Å²) in [6.07, 6.45) is 8.96. The van der Waals surface area contributed by atoms with Crippen molar-refractivity contribution in [3.63, 3.8) is 0 Å². The van der Waals surface area contributed by atoms with Gasteiger partial charge in [0, 0.05) is 23.8 Å². The van der Waals surface area contributed by atoms with E-state index in [1.807, 2.05) is 18.2 Å². The van der Waals surface area contributed by atoms with Crippen LogP contribution >= 0.6 is 0 Å². The molecule has 1 aromatic rings. The molecule has 1 unspecified atom stereocenters. The fourth-order valence-electron chi connectivity index (χ4n) is 5.58. The summed E-state index contributed by atoms with van der Waals surface area (Å²) >= 11 is 0. The van der Waals surface area contributed by atoms with Crippen molar-refractivity contribution in [2.24, 2.45) is 0 Å². The van der Waals surface area contributed by atoms with E-state index in [9.17, 15) is 9.59 Å². The molecule has 4 aliphatic rings. The quantitative estimate of drug-likeness (QED) is 0.830. The predicted molar refractivity (Wildman–Crippen MR) is 114 cm³/mol. The van der Waals surface area contributed by atoms with Crippen molar-refractivity contribution in [1.29, 1.82) is 0 Å². The van der Waals surface area contributed by atoms with Crippen LogP contribution < -0.4 is 10.1 Å². The molecule has 0 spiro atoms. The van der Waals surface area contributed by atoms with Crippen molar-refractivity contribution in [3.8, 4) is 5.75 Å². The first-order chi connectivity index (χ1) is 14.6. The normalized spacial score (nSPS) is 29.8. The van der Waals surface area contributed by atoms with Gasteiger partial charge >= 0.3 is 0 Å². The van der Waals surface area contributed by atoms with Crippen LogP contribution in [-0.2, 0) is 11.3 Å². The van der Waals surface area contributed by atoms with Gasteiger partial charge in [-0.15, -0.1) is 0 Å². The average molecular weight is 410 g/mol. The van der Waals surface area contributed by atoms with Crippen molar-refractivity contribution < 1.29 is 14.3 Å². The van der Waals surface area contributed by atoms with Crippen molar-refractivity contribution in [2.75, 3.05) is 13.1 Å². The Morgan fingerprint density at radius 1 is 1.03 bits per heavy atom. The summed E-state index contributed by atoms with van der Waals surface area (Å²) in [6, 6.07) is 5.91. The number of allylic oxidation sites excluding steroid dienone is 1. The third-order valence-corrected chi connectivity index (χ3v) is 7.17. The van der Waals surface area contributed by atoms with Crippen LogP contribution in [0.3, 0.4) is 0 Å². The minimum atomic E-state index is -0.419. The van der Waals surface area contributed by atoms with Crippen LogP contribution in [0.5, 0.6) is 5.75 Å². The second-order valence-electron chi connectivity index (χ2n) is 9.15. The van der Waals surface area contributed by atoms with Crippen LogP contribution in [0.1, 0.15) is 67.3 Å². The van der Waals surface area contributed by atoms with E-state index in [1.54, 1.807) is 4.90 Å². The molecule has 3 aliphatic heterocycles. The zero-order valence-electron chi connectivity index (χ0n) is 17.6. The lowest BCUT2D eigenvalue weighted by atomic mass is 9.91. The summed E-state index contributed by atoms with van der Waals surface area (Å²) in [6.45, 7) is 6.68. The van der Waals surface area contributed by atoms with Crippen LogP contribution in [-0.4, -0.2) is 52.9 Å². The van der Waals surface area contributed by atoms with E-state index in [-0.39, 0.29) is 17.9 Å². The van der Waals surface area contributed by atoms with E-state index < -0.39 is 6.04 Å². The Morgan fingerprint density at radius 3 is 2.63 bits per heavy atom. The van der Waals surface area contributed by atoms with Crippen molar-refractivity contribution >= 4 is 11.8 Å². The van der Waals surface area contributed by atoms with Gasteiger partial charge < -0.3 is 15.0 Å². The molecule has 3 fully saturated rings. The van der Waals surface area contributed by atoms with Gasteiger partial charge in [0.2, 0.25) is 5.91 Å². The van der Waals surface area contributed by atoms with Crippen molar-refractivity contribution in [1.82, 2.24) is 15.1 Å². The molecule has 1 N–H and O–H groups in total. The van der Waals surface area contributed by atoms with Crippen molar-refractivity contribution in [2.45, 2.75) is 76.1 Å². The summed E-state index contributed by atoms with van der Waals surface area (Å²) in [5.74, 6) is 0.664. The minimum absolute atomic E-state index is 0.0585. The molecule has 3 atom stereocenters. The molecule has 30 heavy (non-hydrogen) atoms. The highest BCUT2D eigenvalue weighted by molar-refractivity contribution is 6.01. The molecule has 6 nitrogen and oxygen atoms in total. The molecule has 0 aromatic heterocycles. The van der Waals surface area contributed by atoms with Gasteiger partial charge in [0.15, 0.2) is 0 Å². The molecule has 5 rings (SSSR count). The van der Waals surface area contributed by atoms with Crippen LogP contribution in [0.25, 0.3) is 0 Å². The fraction of sp³-hybridized carbons (Fsp3) is 0.583. The number of carbonyl (C=O) groups is 2. The first-order valence-electron chi connectivity index (χ1n) is 11.4. The predicted octanol–water partition coefficient (Wildman–Crippen LogP) is 3.22. The van der Waals surface area contributed by atoms with E-state index in [1.165, 1.54) is 45.2 Å². The molecule has 1 saturated carbocycles. The number of likely N-dealkylation sites (tertiary alicyclic amines) is 1. The lowest BCUT2D eigenvalue weighted by Gasteiger charge is -2.37. The molecule has 3 heterocycles. The minimum Gasteiger partial charge on any atom is -0.489 e. The SMILES string of the molecule is C=C1CCC(N2Cc3cc(O[C@H]4CCCC[C@@H]4N4CCCC4)ccc3C2=O)C(=O)N1. The lowest BCUT2D eigenvalue weighted by molar-refractivity contribution is -0.126. The van der Waals surface area contributed by atoms with Gasteiger partial charge in [0.05, 0.1) is 0 Å². The molecule has 0 radical (unpaired) electrons. The van der Waals surface area contributed by atoms with E-state index in [0.29, 0.717) is 31.0 Å². The Hall–Kier alpha value is -2.34. The molecule has 2 amide bonds. The van der Waals surface area contributed by atoms with E-state index in [0.717, 1.165) is 23.4 Å². The third-order valence-electron chi connectivity index (χ3n) is 7.17. The Kier molecular flexibility index (Phi) is 5.27. The number of nitrogens with zero attached hydrogens (tertiary/aromatic N) is 2. The number of fused-ring (bicyclic) bond motifs is 1. The smallest absolute Gasteiger partial charge is 0.255 e. The first-order valence-corrected chi connectivity index (χ1v) is 11.4. The number of hydrogen-bond donors (Lipinski definition) is 1. The first kappa shape index (κ1) is 19.6. The molecule has 160 valence electrons. The third kappa shape index (κ3) is 3.62. The molecule has 1 aliphatic carbocycles. The maximum atomic E-state index is 12.9. The highest BCUT2D eigenvalue weighted by Gasteiger charge is 2.38. The number of benzene rings is 1. The Bertz CT molecular complexity index is 861. The van der Waals surface area contributed by atoms with Gasteiger partial charge in [-0.2, -0.15) is 0 Å². The molecule has 0 bridgehead atoms. The van der Waals surface area contributed by atoms with Gasteiger partial charge in [-0.3, -0.25) is 14.5 Å². The summed E-state index contributed by atoms with van der Waals surface area (Å²) in [4.78, 5) is 29.6. The largest absolute Gasteiger partial charge is 0.489 e. The molecular formula is C24H31N3O3. The van der Waals surface area contributed by atoms with Gasteiger partial charge in [-0.1, -0.05) is 13.0 Å². The number of ether oxygens (including phenoxy) is 1. The number of amides is 2. The second kappa shape index (κ2) is 8.06. The summed E-state index contributed by atoms with van der Waals surface area (Å²) in [5, 5.41) is 2.79. The van der Waals surface area contributed by atoms with Crippen LogP contribution in [0.2, 0.25) is 0 Å². The van der Waals surface area contributed by atoms with Gasteiger partial charge in [-0.25, -0.2) is 0 Å². The highest BCUT2D eigenvalue weighted by Crippen LogP contribution is 2.33. The number of nitrogens with one attached hydrogen (secondary N) is 1. The standard InChI is InChI=1S/C24H31N3O3/c1-16-8-11-21(23(28)25-16)27-15-17-14-18(9-10-19(17)24(27)29)30-22-7-3-2-6-20(22)26-12-4-5-13-26/h9-10,14,20-22H,1-8,11-13,15H2,(H,25,28)/t20-,21?,22-/m0/s1. The molecule has 2 saturated heterocycles. The zero-order chi connectivity index (χ0) is 20.7. The number of hydrogen-bond acceptors (Lipinski definition) is 4. The summed E-state index contributed by atoms with van der Waals surface area (Å²) in [5.41, 5.74) is 2.39. The Balaban J connectivity index is 1.30. The van der Waals surface area contributed by atoms with Gasteiger partial charge in [-0.05, 0) is 81.8 Å². The monoisotopic (exact) mass is 409 g/mol. The fourth-order valence-corrected chi connectivity index (χ4v) is 5.58. The van der Waals surface area contributed by atoms with Crippen LogP contribution in [0, 0.1) is 0 Å². The average Bonchev–Trinajstić information content (AvgIpc) is 3.37. The summed E-state index contributed by atoms with van der Waals surface area (Å²) < 4.78 is 6.49. The van der Waals surface area contributed by atoms with E-state index in [4.69, 9.17) is 4.74 Å². The van der Waals surface area contributed by atoms with Gasteiger partial charge in [0.1, 0.15) is 17.9 Å².